The third-order valence-electron chi connectivity index (χ3n) is 4.13. The van der Waals surface area contributed by atoms with Gasteiger partial charge in [-0.25, -0.2) is 0 Å². The number of carbonyl (C=O) groups is 1. The van der Waals surface area contributed by atoms with Crippen molar-refractivity contribution in [3.8, 4) is 11.5 Å². The van der Waals surface area contributed by atoms with Gasteiger partial charge < -0.3 is 9.47 Å². The third-order valence-corrected chi connectivity index (χ3v) is 4.13. The van der Waals surface area contributed by atoms with Crippen LogP contribution in [0.15, 0.2) is 42.5 Å². The second-order valence-corrected chi connectivity index (χ2v) is 6.82. The van der Waals surface area contributed by atoms with E-state index in [2.05, 4.69) is 26.8 Å². The molecule has 1 aliphatic rings. The van der Waals surface area contributed by atoms with Crippen molar-refractivity contribution in [1.29, 1.82) is 0 Å². The molecule has 2 aromatic carbocycles. The van der Waals surface area contributed by atoms with Crippen LogP contribution in [-0.4, -0.2) is 12.6 Å². The van der Waals surface area contributed by atoms with Gasteiger partial charge in [-0.15, -0.1) is 0 Å². The SMILES string of the molecule is CCOc1ccc(C2C(=O)Oc3cccc(C(C)(C)C)c32)cc1. The van der Waals surface area contributed by atoms with E-state index in [1.165, 1.54) is 0 Å². The highest BCUT2D eigenvalue weighted by Crippen LogP contribution is 2.44. The normalized spacial score (nSPS) is 16.9. The fourth-order valence-corrected chi connectivity index (χ4v) is 3.10. The number of ether oxygens (including phenoxy) is 2. The highest BCUT2D eigenvalue weighted by atomic mass is 16.5. The molecule has 0 saturated carbocycles. The van der Waals surface area contributed by atoms with Crippen molar-refractivity contribution in [1.82, 2.24) is 0 Å². The molecule has 1 heterocycles. The van der Waals surface area contributed by atoms with Crippen LogP contribution in [0.4, 0.5) is 0 Å². The Hall–Kier alpha value is -2.29. The summed E-state index contributed by atoms with van der Waals surface area (Å²) in [7, 11) is 0. The number of rotatable bonds is 3. The van der Waals surface area contributed by atoms with Gasteiger partial charge in [0.2, 0.25) is 0 Å². The lowest BCUT2D eigenvalue weighted by Gasteiger charge is -2.23. The fourth-order valence-electron chi connectivity index (χ4n) is 3.10. The van der Waals surface area contributed by atoms with Gasteiger partial charge in [0, 0.05) is 5.56 Å². The van der Waals surface area contributed by atoms with Crippen LogP contribution in [0.25, 0.3) is 0 Å². The molecule has 23 heavy (non-hydrogen) atoms. The molecule has 0 bridgehead atoms. The summed E-state index contributed by atoms with van der Waals surface area (Å²) in [5.74, 6) is 0.921. The number of carbonyl (C=O) groups excluding carboxylic acids is 1. The van der Waals surface area contributed by atoms with Gasteiger partial charge in [-0.3, -0.25) is 4.79 Å². The number of hydrogen-bond donors (Lipinski definition) is 0. The quantitative estimate of drug-likeness (QED) is 0.621. The Kier molecular flexibility index (Phi) is 3.88. The first-order chi connectivity index (χ1) is 10.9. The lowest BCUT2D eigenvalue weighted by Crippen LogP contribution is -2.17. The molecule has 0 aromatic heterocycles. The number of fused-ring (bicyclic) bond motifs is 1. The summed E-state index contributed by atoms with van der Waals surface area (Å²) >= 11 is 0. The summed E-state index contributed by atoms with van der Waals surface area (Å²) < 4.78 is 11.0. The van der Waals surface area contributed by atoms with Crippen LogP contribution in [0, 0.1) is 0 Å². The maximum atomic E-state index is 12.5. The van der Waals surface area contributed by atoms with Gasteiger partial charge in [-0.2, -0.15) is 0 Å². The first-order valence-electron chi connectivity index (χ1n) is 7.99. The van der Waals surface area contributed by atoms with E-state index in [9.17, 15) is 4.79 Å². The molecule has 0 spiro atoms. The second-order valence-electron chi connectivity index (χ2n) is 6.82. The monoisotopic (exact) mass is 310 g/mol. The largest absolute Gasteiger partial charge is 0.494 e. The topological polar surface area (TPSA) is 35.5 Å². The lowest BCUT2D eigenvalue weighted by molar-refractivity contribution is -0.133. The Labute approximate surface area is 137 Å². The van der Waals surface area contributed by atoms with E-state index in [0.29, 0.717) is 12.4 Å². The molecule has 3 heteroatoms. The number of benzene rings is 2. The lowest BCUT2D eigenvalue weighted by atomic mass is 9.78. The average molecular weight is 310 g/mol. The van der Waals surface area contributed by atoms with E-state index in [1.54, 1.807) is 0 Å². The Morgan fingerprint density at radius 3 is 2.39 bits per heavy atom. The Bertz CT molecular complexity index is 724. The van der Waals surface area contributed by atoms with Crippen molar-refractivity contribution in [2.75, 3.05) is 6.61 Å². The zero-order chi connectivity index (χ0) is 16.6. The molecule has 0 fully saturated rings. The second kappa shape index (κ2) is 5.73. The molecule has 2 aromatic rings. The summed E-state index contributed by atoms with van der Waals surface area (Å²) in [5.41, 5.74) is 3.03. The predicted molar refractivity (Wildman–Crippen MR) is 90.2 cm³/mol. The van der Waals surface area contributed by atoms with Crippen LogP contribution in [-0.2, 0) is 10.2 Å². The highest BCUT2D eigenvalue weighted by molar-refractivity contribution is 5.90. The van der Waals surface area contributed by atoms with Crippen LogP contribution >= 0.6 is 0 Å². The van der Waals surface area contributed by atoms with Crippen molar-refractivity contribution in [2.24, 2.45) is 0 Å². The van der Waals surface area contributed by atoms with Crippen molar-refractivity contribution < 1.29 is 14.3 Å². The molecular weight excluding hydrogens is 288 g/mol. The molecule has 0 saturated heterocycles. The van der Waals surface area contributed by atoms with E-state index in [1.807, 2.05) is 43.3 Å². The molecule has 1 atom stereocenters. The summed E-state index contributed by atoms with van der Waals surface area (Å²) in [4.78, 5) is 12.5. The molecule has 120 valence electrons. The number of hydrogen-bond acceptors (Lipinski definition) is 3. The average Bonchev–Trinajstić information content (AvgIpc) is 2.83. The van der Waals surface area contributed by atoms with Crippen molar-refractivity contribution >= 4 is 5.97 Å². The minimum atomic E-state index is -0.365. The summed E-state index contributed by atoms with van der Waals surface area (Å²) in [5, 5.41) is 0. The van der Waals surface area contributed by atoms with E-state index >= 15 is 0 Å². The minimum Gasteiger partial charge on any atom is -0.494 e. The van der Waals surface area contributed by atoms with Gasteiger partial charge in [-0.05, 0) is 41.7 Å². The Morgan fingerprint density at radius 1 is 1.09 bits per heavy atom. The summed E-state index contributed by atoms with van der Waals surface area (Å²) in [6, 6.07) is 13.6. The molecule has 0 aliphatic carbocycles. The Balaban J connectivity index is 2.07. The first-order valence-corrected chi connectivity index (χ1v) is 7.99. The van der Waals surface area contributed by atoms with Gasteiger partial charge in [0.05, 0.1) is 6.61 Å². The van der Waals surface area contributed by atoms with Crippen molar-refractivity contribution in [3.05, 3.63) is 59.2 Å². The van der Waals surface area contributed by atoms with E-state index in [-0.39, 0.29) is 17.3 Å². The van der Waals surface area contributed by atoms with Gasteiger partial charge in [0.25, 0.3) is 0 Å². The van der Waals surface area contributed by atoms with Crippen LogP contribution in [0.1, 0.15) is 50.3 Å². The Morgan fingerprint density at radius 2 is 1.78 bits per heavy atom. The van der Waals surface area contributed by atoms with Gasteiger partial charge in [-0.1, -0.05) is 45.0 Å². The van der Waals surface area contributed by atoms with Gasteiger partial charge in [0.1, 0.15) is 17.4 Å². The van der Waals surface area contributed by atoms with Crippen LogP contribution < -0.4 is 9.47 Å². The maximum Gasteiger partial charge on any atom is 0.323 e. The number of esters is 1. The van der Waals surface area contributed by atoms with Crippen LogP contribution in [0.3, 0.4) is 0 Å². The van der Waals surface area contributed by atoms with Gasteiger partial charge >= 0.3 is 5.97 Å². The molecule has 3 rings (SSSR count). The zero-order valence-electron chi connectivity index (χ0n) is 14.1. The van der Waals surface area contributed by atoms with Gasteiger partial charge in [0.15, 0.2) is 0 Å². The molecule has 1 aliphatic heterocycles. The van der Waals surface area contributed by atoms with E-state index in [4.69, 9.17) is 9.47 Å². The van der Waals surface area contributed by atoms with Crippen molar-refractivity contribution in [3.63, 3.8) is 0 Å². The minimum absolute atomic E-state index is 0.0527. The fraction of sp³-hybridized carbons (Fsp3) is 0.350. The van der Waals surface area contributed by atoms with E-state index in [0.717, 1.165) is 22.4 Å². The van der Waals surface area contributed by atoms with Crippen molar-refractivity contribution in [2.45, 2.75) is 39.0 Å². The molecule has 0 amide bonds. The summed E-state index contributed by atoms with van der Waals surface area (Å²) in [6.45, 7) is 9.04. The van der Waals surface area contributed by atoms with E-state index < -0.39 is 0 Å². The molecular formula is C20H22O3. The predicted octanol–water partition coefficient (Wildman–Crippen LogP) is 4.43. The van der Waals surface area contributed by atoms with Crippen LogP contribution in [0.5, 0.6) is 11.5 Å². The molecule has 3 nitrogen and oxygen atoms in total. The van der Waals surface area contributed by atoms with Crippen LogP contribution in [0.2, 0.25) is 0 Å². The maximum absolute atomic E-state index is 12.5. The zero-order valence-corrected chi connectivity index (χ0v) is 14.1. The molecule has 0 N–H and O–H groups in total. The standard InChI is InChI=1S/C20H22O3/c1-5-22-14-11-9-13(10-12-14)17-18-15(20(2,3)4)7-6-8-16(18)23-19(17)21/h6-12,17H,5H2,1-4H3. The third kappa shape index (κ3) is 2.83. The summed E-state index contributed by atoms with van der Waals surface area (Å²) in [6.07, 6.45) is 0. The molecule has 0 radical (unpaired) electrons. The first kappa shape index (κ1) is 15.6. The highest BCUT2D eigenvalue weighted by Gasteiger charge is 2.38. The molecule has 1 unspecified atom stereocenters. The smallest absolute Gasteiger partial charge is 0.323 e.